The van der Waals surface area contributed by atoms with Gasteiger partial charge in [-0.2, -0.15) is 0 Å². The van der Waals surface area contributed by atoms with Crippen molar-refractivity contribution >= 4 is 29.7 Å². The van der Waals surface area contributed by atoms with E-state index in [0.717, 1.165) is 28.4 Å². The third-order valence-electron chi connectivity index (χ3n) is 4.90. The van der Waals surface area contributed by atoms with E-state index in [1.54, 1.807) is 18.3 Å². The lowest BCUT2D eigenvalue weighted by Gasteiger charge is -2.35. The highest BCUT2D eigenvalue weighted by Crippen LogP contribution is 2.34. The van der Waals surface area contributed by atoms with Crippen LogP contribution in [0.5, 0.6) is 0 Å². The Kier molecular flexibility index (Phi) is 6.17. The molecule has 0 saturated carbocycles. The largest absolute Gasteiger partial charge is 0.336 e. The summed E-state index contributed by atoms with van der Waals surface area (Å²) in [6, 6.07) is 8.24. The average molecular weight is 421 g/mol. The first-order valence-corrected chi connectivity index (χ1v) is 9.71. The number of benzene rings is 1. The molecule has 0 radical (unpaired) electrons. The van der Waals surface area contributed by atoms with E-state index in [1.165, 1.54) is 23.5 Å². The third-order valence-corrected chi connectivity index (χ3v) is 6.17. The first kappa shape index (κ1) is 20.5. The van der Waals surface area contributed by atoms with Gasteiger partial charge in [-0.15, -0.1) is 23.7 Å². The standard InChI is InChI=1S/C20H21FN4OS.ClH/c1-13-11-17(27-18(13)14-3-5-15(21)6-4-14)20(26)25-10-7-22-12-16(25)19-23-8-9-24(19)2;/h3-6,8-9,11,16,22H,7,10,12H2,1-2H3;1H. The van der Waals surface area contributed by atoms with E-state index in [-0.39, 0.29) is 30.2 Å². The minimum atomic E-state index is -0.261. The first-order chi connectivity index (χ1) is 13.0. The molecule has 1 aromatic carbocycles. The van der Waals surface area contributed by atoms with Crippen molar-refractivity contribution in [2.75, 3.05) is 19.6 Å². The summed E-state index contributed by atoms with van der Waals surface area (Å²) in [6.45, 7) is 4.08. The van der Waals surface area contributed by atoms with Crippen LogP contribution < -0.4 is 5.32 Å². The molecule has 3 aromatic rings. The van der Waals surface area contributed by atoms with Gasteiger partial charge in [0.2, 0.25) is 0 Å². The van der Waals surface area contributed by atoms with Gasteiger partial charge in [0.05, 0.1) is 4.88 Å². The van der Waals surface area contributed by atoms with Gasteiger partial charge in [-0.05, 0) is 36.2 Å². The summed E-state index contributed by atoms with van der Waals surface area (Å²) in [7, 11) is 1.95. The molecule has 1 atom stereocenters. The molecule has 0 spiro atoms. The van der Waals surface area contributed by atoms with E-state index in [1.807, 2.05) is 35.7 Å². The Bertz CT molecular complexity index is 969. The van der Waals surface area contributed by atoms with Gasteiger partial charge >= 0.3 is 0 Å². The van der Waals surface area contributed by atoms with Crippen LogP contribution in [0.4, 0.5) is 4.39 Å². The van der Waals surface area contributed by atoms with E-state index in [4.69, 9.17) is 0 Å². The highest BCUT2D eigenvalue weighted by molar-refractivity contribution is 7.17. The van der Waals surface area contributed by atoms with Crippen LogP contribution in [0, 0.1) is 12.7 Å². The lowest BCUT2D eigenvalue weighted by molar-refractivity contribution is 0.0626. The summed E-state index contributed by atoms with van der Waals surface area (Å²) in [5.41, 5.74) is 1.96. The molecule has 8 heteroatoms. The van der Waals surface area contributed by atoms with Crippen LogP contribution >= 0.6 is 23.7 Å². The molecule has 0 bridgehead atoms. The van der Waals surface area contributed by atoms with E-state index >= 15 is 0 Å². The van der Waals surface area contributed by atoms with Gasteiger partial charge in [0, 0.05) is 44.0 Å². The zero-order valence-electron chi connectivity index (χ0n) is 15.7. The monoisotopic (exact) mass is 420 g/mol. The molecule has 3 heterocycles. The lowest BCUT2D eigenvalue weighted by atomic mass is 10.1. The van der Waals surface area contributed by atoms with Crippen molar-refractivity contribution in [3.05, 3.63) is 64.8 Å². The fourth-order valence-electron chi connectivity index (χ4n) is 3.49. The van der Waals surface area contributed by atoms with Crippen molar-refractivity contribution in [1.82, 2.24) is 19.8 Å². The number of carbonyl (C=O) groups is 1. The zero-order chi connectivity index (χ0) is 19.0. The molecule has 1 fully saturated rings. The Labute approximate surface area is 173 Å². The number of carbonyl (C=O) groups excluding carboxylic acids is 1. The summed E-state index contributed by atoms with van der Waals surface area (Å²) in [5, 5.41) is 3.36. The molecule has 1 saturated heterocycles. The van der Waals surface area contributed by atoms with Gasteiger partial charge in [0.15, 0.2) is 0 Å². The number of aromatic nitrogens is 2. The Balaban J connectivity index is 0.00000225. The van der Waals surface area contributed by atoms with E-state index in [2.05, 4.69) is 10.3 Å². The molecule has 1 N–H and O–H groups in total. The molecule has 148 valence electrons. The predicted molar refractivity (Wildman–Crippen MR) is 112 cm³/mol. The highest BCUT2D eigenvalue weighted by atomic mass is 35.5. The molecular weight excluding hydrogens is 399 g/mol. The number of halogens is 2. The molecule has 2 aromatic heterocycles. The van der Waals surface area contributed by atoms with Crippen LogP contribution in [0.1, 0.15) is 27.1 Å². The van der Waals surface area contributed by atoms with E-state index < -0.39 is 0 Å². The summed E-state index contributed by atoms with van der Waals surface area (Å²) < 4.78 is 15.2. The van der Waals surface area contributed by atoms with Crippen LogP contribution in [0.2, 0.25) is 0 Å². The Morgan fingerprint density at radius 2 is 2.07 bits per heavy atom. The SMILES string of the molecule is Cc1cc(C(=O)N2CCNCC2c2nccn2C)sc1-c1ccc(F)cc1.Cl. The summed E-state index contributed by atoms with van der Waals surface area (Å²) >= 11 is 1.46. The topological polar surface area (TPSA) is 50.2 Å². The number of nitrogens with one attached hydrogen (secondary N) is 1. The van der Waals surface area contributed by atoms with Gasteiger partial charge in [-0.25, -0.2) is 9.37 Å². The summed E-state index contributed by atoms with van der Waals surface area (Å²) in [5.74, 6) is 0.636. The Morgan fingerprint density at radius 1 is 1.32 bits per heavy atom. The maximum absolute atomic E-state index is 13.3. The second-order valence-electron chi connectivity index (χ2n) is 6.74. The maximum Gasteiger partial charge on any atom is 0.264 e. The minimum Gasteiger partial charge on any atom is -0.336 e. The average Bonchev–Trinajstić information content (AvgIpc) is 3.27. The number of nitrogens with zero attached hydrogens (tertiary/aromatic N) is 3. The van der Waals surface area contributed by atoms with Gasteiger partial charge in [0.1, 0.15) is 17.7 Å². The van der Waals surface area contributed by atoms with Crippen LogP contribution in [0.3, 0.4) is 0 Å². The van der Waals surface area contributed by atoms with Crippen LogP contribution in [-0.2, 0) is 7.05 Å². The number of amides is 1. The third kappa shape index (κ3) is 3.83. The predicted octanol–water partition coefficient (Wildman–Crippen LogP) is 3.80. The van der Waals surface area contributed by atoms with Gasteiger partial charge in [0.25, 0.3) is 5.91 Å². The van der Waals surface area contributed by atoms with Crippen molar-refractivity contribution in [2.24, 2.45) is 7.05 Å². The number of aryl methyl sites for hydroxylation is 2. The van der Waals surface area contributed by atoms with E-state index in [9.17, 15) is 9.18 Å². The highest BCUT2D eigenvalue weighted by Gasteiger charge is 2.32. The Hall–Kier alpha value is -2.22. The number of imidazole rings is 1. The van der Waals surface area contributed by atoms with Gasteiger partial charge in [-0.3, -0.25) is 4.79 Å². The molecule has 1 aliphatic rings. The maximum atomic E-state index is 13.3. The van der Waals surface area contributed by atoms with Crippen molar-refractivity contribution in [3.63, 3.8) is 0 Å². The van der Waals surface area contributed by atoms with E-state index in [0.29, 0.717) is 18.0 Å². The minimum absolute atomic E-state index is 0. The smallest absolute Gasteiger partial charge is 0.264 e. The fourth-order valence-corrected chi connectivity index (χ4v) is 4.63. The molecule has 0 aliphatic carbocycles. The van der Waals surface area contributed by atoms with Crippen molar-refractivity contribution in [1.29, 1.82) is 0 Å². The summed E-state index contributed by atoms with van der Waals surface area (Å²) in [4.78, 5) is 21.3. The molecule has 28 heavy (non-hydrogen) atoms. The second-order valence-corrected chi connectivity index (χ2v) is 7.80. The normalized spacial score (nSPS) is 16.7. The molecular formula is C20H22ClFN4OS. The number of hydrogen-bond donors (Lipinski definition) is 1. The van der Waals surface area contributed by atoms with Crippen LogP contribution in [0.15, 0.2) is 42.7 Å². The van der Waals surface area contributed by atoms with Crippen molar-refractivity contribution < 1.29 is 9.18 Å². The number of rotatable bonds is 3. The van der Waals surface area contributed by atoms with Crippen molar-refractivity contribution in [3.8, 4) is 10.4 Å². The molecule has 1 amide bonds. The van der Waals surface area contributed by atoms with Gasteiger partial charge < -0.3 is 14.8 Å². The van der Waals surface area contributed by atoms with Crippen LogP contribution in [0.25, 0.3) is 10.4 Å². The van der Waals surface area contributed by atoms with Crippen molar-refractivity contribution in [2.45, 2.75) is 13.0 Å². The molecule has 1 unspecified atom stereocenters. The van der Waals surface area contributed by atoms with Gasteiger partial charge in [-0.1, -0.05) is 12.1 Å². The zero-order valence-corrected chi connectivity index (χ0v) is 17.3. The molecule has 1 aliphatic heterocycles. The number of piperazine rings is 1. The first-order valence-electron chi connectivity index (χ1n) is 8.90. The number of hydrogen-bond acceptors (Lipinski definition) is 4. The van der Waals surface area contributed by atoms with Crippen LogP contribution in [-0.4, -0.2) is 40.0 Å². The molecule has 4 rings (SSSR count). The number of thiophene rings is 1. The quantitative estimate of drug-likeness (QED) is 0.701. The summed E-state index contributed by atoms with van der Waals surface area (Å²) in [6.07, 6.45) is 3.66. The molecule has 5 nitrogen and oxygen atoms in total. The fraction of sp³-hybridized carbons (Fsp3) is 0.300. The Morgan fingerprint density at radius 3 is 2.75 bits per heavy atom. The second kappa shape index (κ2) is 8.43. The lowest BCUT2D eigenvalue weighted by Crippen LogP contribution is -2.49.